The summed E-state index contributed by atoms with van der Waals surface area (Å²) in [5.41, 5.74) is 0.948. The molecule has 0 bridgehead atoms. The molecule has 0 aromatic heterocycles. The van der Waals surface area contributed by atoms with Crippen molar-refractivity contribution < 1.29 is 8.98 Å². The third-order valence-corrected chi connectivity index (χ3v) is 12.3. The van der Waals surface area contributed by atoms with Crippen LogP contribution >= 0.6 is 0 Å². The smallest absolute Gasteiger partial charge is 0.261 e. The molecule has 1 unspecified atom stereocenters. The molecule has 2 aromatic carbocycles. The predicted octanol–water partition coefficient (Wildman–Crippen LogP) is 5.27. The first-order valence-electron chi connectivity index (χ1n) is 11.3. The third kappa shape index (κ3) is 5.89. The van der Waals surface area contributed by atoms with Crippen LogP contribution in [0.15, 0.2) is 65.1 Å². The Morgan fingerprint density at radius 3 is 1.81 bits per heavy atom. The summed E-state index contributed by atoms with van der Waals surface area (Å²) in [6.45, 7) is 13.2. The maximum Gasteiger partial charge on any atom is 0.261 e. The minimum atomic E-state index is -2.62. The number of nitrogens with zero attached hydrogens (tertiary/aromatic N) is 1. The highest BCUT2D eigenvalue weighted by Crippen LogP contribution is 2.38. The Morgan fingerprint density at radius 2 is 1.42 bits per heavy atom. The van der Waals surface area contributed by atoms with Crippen molar-refractivity contribution in [3.8, 4) is 0 Å². The molecule has 0 radical (unpaired) electrons. The van der Waals surface area contributed by atoms with Gasteiger partial charge in [0.2, 0.25) is 0 Å². The van der Waals surface area contributed by atoms with Gasteiger partial charge in [0.15, 0.2) is 0 Å². The lowest BCUT2D eigenvalue weighted by atomic mass is 10.2. The molecule has 1 atom stereocenters. The summed E-state index contributed by atoms with van der Waals surface area (Å²) in [5.74, 6) is 0.665. The normalized spacial score (nSPS) is 16.9. The molecule has 0 heterocycles. The summed E-state index contributed by atoms with van der Waals surface area (Å²) in [6.07, 6.45) is 3.36. The van der Waals surface area contributed by atoms with Gasteiger partial charge in [-0.15, -0.1) is 0 Å². The second-order valence-corrected chi connectivity index (χ2v) is 16.8. The summed E-state index contributed by atoms with van der Waals surface area (Å²) in [4.78, 5) is 0. The fraction of sp³-hybridized carbons (Fsp3) is 0.500. The van der Waals surface area contributed by atoms with E-state index in [1.807, 2.05) is 20.8 Å². The number of hydrogen-bond acceptors (Lipinski definition) is 3. The van der Waals surface area contributed by atoms with Crippen LogP contribution in [0.25, 0.3) is 0 Å². The van der Waals surface area contributed by atoms with Crippen LogP contribution < -0.4 is 10.4 Å². The molecule has 0 N–H and O–H groups in total. The highest BCUT2D eigenvalue weighted by Gasteiger charge is 2.50. The summed E-state index contributed by atoms with van der Waals surface area (Å²) in [7, 11) is -2.62. The molecular weight excluding hydrogens is 418 g/mol. The van der Waals surface area contributed by atoms with Crippen molar-refractivity contribution in [1.29, 1.82) is 0 Å². The van der Waals surface area contributed by atoms with Gasteiger partial charge in [0.25, 0.3) is 8.32 Å². The van der Waals surface area contributed by atoms with Crippen molar-refractivity contribution in [2.75, 3.05) is 6.61 Å². The molecule has 0 amide bonds. The Bertz CT molecular complexity index is 828. The van der Waals surface area contributed by atoms with E-state index in [2.05, 4.69) is 85.8 Å². The summed E-state index contributed by atoms with van der Waals surface area (Å²) < 4.78 is 24.2. The second-order valence-electron chi connectivity index (χ2n) is 10.6. The van der Waals surface area contributed by atoms with Crippen LogP contribution in [-0.2, 0) is 15.8 Å². The highest BCUT2D eigenvalue weighted by molar-refractivity contribution is 7.91. The number of hydrogen-bond donors (Lipinski definition) is 0. The molecular formula is C26H37NO2SSi. The van der Waals surface area contributed by atoms with E-state index in [9.17, 15) is 4.55 Å². The van der Waals surface area contributed by atoms with E-state index >= 15 is 0 Å². The van der Waals surface area contributed by atoms with Gasteiger partial charge in [-0.2, -0.15) is 0 Å². The van der Waals surface area contributed by atoms with Gasteiger partial charge in [0.1, 0.15) is 16.1 Å². The SMILES string of the molecule is CC(C)(C)[S+]([O-])N=C(CO[Si](c1ccccc1)(c1ccccc1)C(C)(C)C)CC1CC1. The van der Waals surface area contributed by atoms with Gasteiger partial charge in [-0.25, -0.2) is 0 Å². The maximum absolute atomic E-state index is 12.8. The molecule has 168 valence electrons. The van der Waals surface area contributed by atoms with Gasteiger partial charge in [-0.05, 0) is 61.4 Å². The Hall–Kier alpha value is -1.40. The van der Waals surface area contributed by atoms with Gasteiger partial charge in [-0.1, -0.05) is 85.8 Å². The standard InChI is InChI=1S/C26H37NO2SSi/c1-25(2,3)30(28)27-22(19-21-17-18-21)20-29-31(26(4,5)6,23-13-9-7-10-14-23)24-15-11-8-12-16-24/h7-16,21H,17-20H2,1-6H3. The first-order valence-corrected chi connectivity index (χ1v) is 14.3. The zero-order valence-electron chi connectivity index (χ0n) is 19.9. The Balaban J connectivity index is 2.02. The first-order chi connectivity index (χ1) is 14.5. The van der Waals surface area contributed by atoms with Crippen LogP contribution in [0, 0.1) is 5.92 Å². The molecule has 0 aliphatic heterocycles. The van der Waals surface area contributed by atoms with E-state index in [-0.39, 0.29) is 9.79 Å². The van der Waals surface area contributed by atoms with Crippen molar-refractivity contribution in [3.05, 3.63) is 60.7 Å². The summed E-state index contributed by atoms with van der Waals surface area (Å²) >= 11 is -1.27. The minimum Gasteiger partial charge on any atom is -0.591 e. The van der Waals surface area contributed by atoms with E-state index in [0.29, 0.717) is 12.5 Å². The molecule has 3 nitrogen and oxygen atoms in total. The van der Waals surface area contributed by atoms with Gasteiger partial charge in [0.05, 0.1) is 12.3 Å². The molecule has 1 saturated carbocycles. The number of rotatable bonds is 8. The zero-order valence-corrected chi connectivity index (χ0v) is 21.7. The molecule has 0 spiro atoms. The van der Waals surface area contributed by atoms with Gasteiger partial charge in [0, 0.05) is 0 Å². The van der Waals surface area contributed by atoms with Crippen molar-refractivity contribution in [2.24, 2.45) is 10.3 Å². The van der Waals surface area contributed by atoms with Crippen molar-refractivity contribution >= 4 is 35.8 Å². The monoisotopic (exact) mass is 455 g/mol. The van der Waals surface area contributed by atoms with E-state index < -0.39 is 19.7 Å². The van der Waals surface area contributed by atoms with Crippen LogP contribution in [0.3, 0.4) is 0 Å². The lowest BCUT2D eigenvalue weighted by Crippen LogP contribution is -2.67. The topological polar surface area (TPSA) is 44.7 Å². The summed E-state index contributed by atoms with van der Waals surface area (Å²) in [6, 6.07) is 21.3. The first kappa shape index (κ1) is 24.2. The van der Waals surface area contributed by atoms with Crippen molar-refractivity contribution in [1.82, 2.24) is 0 Å². The van der Waals surface area contributed by atoms with E-state index in [0.717, 1.165) is 12.1 Å². The Morgan fingerprint density at radius 1 is 0.935 bits per heavy atom. The van der Waals surface area contributed by atoms with Gasteiger partial charge in [-0.3, -0.25) is 0 Å². The van der Waals surface area contributed by atoms with E-state index in [1.165, 1.54) is 23.2 Å². The zero-order chi connectivity index (χ0) is 22.7. The molecule has 1 fully saturated rings. The second kappa shape index (κ2) is 9.61. The molecule has 5 heteroatoms. The Labute approximate surface area is 192 Å². The third-order valence-electron chi connectivity index (χ3n) is 5.83. The van der Waals surface area contributed by atoms with Crippen LogP contribution in [0.1, 0.15) is 60.8 Å². The fourth-order valence-electron chi connectivity index (χ4n) is 3.99. The molecule has 31 heavy (non-hydrogen) atoms. The molecule has 2 aromatic rings. The fourth-order valence-corrected chi connectivity index (χ4v) is 9.16. The molecule has 3 rings (SSSR count). The lowest BCUT2D eigenvalue weighted by Gasteiger charge is -2.43. The van der Waals surface area contributed by atoms with Gasteiger partial charge < -0.3 is 8.98 Å². The average molecular weight is 456 g/mol. The van der Waals surface area contributed by atoms with Crippen LogP contribution in [0.2, 0.25) is 5.04 Å². The summed E-state index contributed by atoms with van der Waals surface area (Å²) in [5, 5.41) is 2.44. The van der Waals surface area contributed by atoms with Crippen LogP contribution in [0.5, 0.6) is 0 Å². The highest BCUT2D eigenvalue weighted by atomic mass is 32.2. The van der Waals surface area contributed by atoms with Crippen LogP contribution in [-0.4, -0.2) is 29.9 Å². The van der Waals surface area contributed by atoms with Crippen molar-refractivity contribution in [2.45, 2.75) is 70.6 Å². The quantitative estimate of drug-likeness (QED) is 0.309. The number of benzene rings is 2. The van der Waals surface area contributed by atoms with E-state index in [4.69, 9.17) is 4.43 Å². The van der Waals surface area contributed by atoms with Crippen molar-refractivity contribution in [3.63, 3.8) is 0 Å². The molecule has 1 aliphatic rings. The predicted molar refractivity (Wildman–Crippen MR) is 136 cm³/mol. The van der Waals surface area contributed by atoms with Crippen LogP contribution in [0.4, 0.5) is 0 Å². The molecule has 1 aliphatic carbocycles. The van der Waals surface area contributed by atoms with Gasteiger partial charge >= 0.3 is 0 Å². The molecule has 0 saturated heterocycles. The average Bonchev–Trinajstić information content (AvgIpc) is 3.52. The Kier molecular flexibility index (Phi) is 7.52. The minimum absolute atomic E-state index is 0.0798. The largest absolute Gasteiger partial charge is 0.591 e. The van der Waals surface area contributed by atoms with E-state index in [1.54, 1.807) is 0 Å². The maximum atomic E-state index is 12.8. The lowest BCUT2D eigenvalue weighted by molar-refractivity contribution is 0.349.